The Morgan fingerprint density at radius 2 is 2.06 bits per heavy atom. The van der Waals surface area contributed by atoms with Gasteiger partial charge in [0.1, 0.15) is 0 Å². The van der Waals surface area contributed by atoms with Crippen molar-refractivity contribution in [2.45, 2.75) is 6.92 Å². The lowest BCUT2D eigenvalue weighted by molar-refractivity contribution is -0.115. The molecule has 1 rings (SSSR count). The Labute approximate surface area is 108 Å². The molecule has 0 fully saturated rings. The van der Waals surface area contributed by atoms with Crippen molar-refractivity contribution in [2.75, 3.05) is 31.6 Å². The van der Waals surface area contributed by atoms with Crippen molar-refractivity contribution in [1.82, 2.24) is 5.32 Å². The monoisotopic (exact) mass is 248 g/mol. The van der Waals surface area contributed by atoms with Gasteiger partial charge in [0.15, 0.2) is 0 Å². The molecule has 18 heavy (non-hydrogen) atoms. The molecule has 0 aliphatic carbocycles. The van der Waals surface area contributed by atoms with Crippen LogP contribution >= 0.6 is 0 Å². The molecule has 4 nitrogen and oxygen atoms in total. The third-order valence-corrected chi connectivity index (χ3v) is 2.11. The van der Waals surface area contributed by atoms with Crippen LogP contribution in [0.1, 0.15) is 6.92 Å². The van der Waals surface area contributed by atoms with Gasteiger partial charge in [0, 0.05) is 12.2 Å². The van der Waals surface area contributed by atoms with Gasteiger partial charge in [-0.15, -0.1) is 0 Å². The van der Waals surface area contributed by atoms with Crippen LogP contribution in [0.2, 0.25) is 0 Å². The highest BCUT2D eigenvalue weighted by atomic mass is 16.5. The topological polar surface area (TPSA) is 50.4 Å². The van der Waals surface area contributed by atoms with E-state index in [-0.39, 0.29) is 12.5 Å². The molecular formula is C14H20N2O2. The van der Waals surface area contributed by atoms with Crippen LogP contribution in [0.3, 0.4) is 0 Å². The van der Waals surface area contributed by atoms with Gasteiger partial charge in [-0.1, -0.05) is 30.4 Å². The molecule has 1 aromatic rings. The van der Waals surface area contributed by atoms with Crippen LogP contribution in [0.4, 0.5) is 5.69 Å². The van der Waals surface area contributed by atoms with Crippen LogP contribution < -0.4 is 10.6 Å². The first-order chi connectivity index (χ1) is 8.68. The highest BCUT2D eigenvalue weighted by Crippen LogP contribution is 2.03. The number of nitrogens with one attached hydrogen (secondary N) is 2. The lowest BCUT2D eigenvalue weighted by atomic mass is 10.3. The molecule has 0 heterocycles. The summed E-state index contributed by atoms with van der Waals surface area (Å²) in [5, 5.41) is 5.81. The fourth-order valence-electron chi connectivity index (χ4n) is 1.32. The first kappa shape index (κ1) is 14.4. The van der Waals surface area contributed by atoms with Crippen molar-refractivity contribution >= 4 is 11.6 Å². The highest BCUT2D eigenvalue weighted by Gasteiger charge is 2.00. The minimum Gasteiger partial charge on any atom is -0.376 e. The number of rotatable bonds is 8. The van der Waals surface area contributed by atoms with E-state index >= 15 is 0 Å². The number of ether oxygens (including phenoxy) is 1. The zero-order valence-electron chi connectivity index (χ0n) is 10.7. The zero-order chi connectivity index (χ0) is 13.2. The molecule has 0 aliphatic rings. The van der Waals surface area contributed by atoms with Crippen molar-refractivity contribution < 1.29 is 9.53 Å². The summed E-state index contributed by atoms with van der Waals surface area (Å²) in [6.07, 6.45) is 0. The van der Waals surface area contributed by atoms with Gasteiger partial charge < -0.3 is 15.4 Å². The summed E-state index contributed by atoms with van der Waals surface area (Å²) in [5.74, 6) is -0.0545. The molecule has 1 amide bonds. The van der Waals surface area contributed by atoms with Crippen LogP contribution in [0.5, 0.6) is 0 Å². The standard InChI is InChI=1S/C14H20N2O2/c1-12(2)11-18-9-8-15-10-14(17)16-13-6-4-3-5-7-13/h3-7,15H,1,8-11H2,2H3,(H,16,17). The number of carbonyl (C=O) groups excluding carboxylic acids is 1. The van der Waals surface area contributed by atoms with Gasteiger partial charge in [0.2, 0.25) is 5.91 Å². The second-order valence-electron chi connectivity index (χ2n) is 4.10. The highest BCUT2D eigenvalue weighted by molar-refractivity contribution is 5.92. The quantitative estimate of drug-likeness (QED) is 0.545. The van der Waals surface area contributed by atoms with Crippen molar-refractivity contribution in [3.8, 4) is 0 Å². The largest absolute Gasteiger partial charge is 0.376 e. The zero-order valence-corrected chi connectivity index (χ0v) is 10.7. The van der Waals surface area contributed by atoms with E-state index in [1.54, 1.807) is 0 Å². The first-order valence-corrected chi connectivity index (χ1v) is 5.96. The second kappa shape index (κ2) is 8.44. The van der Waals surface area contributed by atoms with E-state index in [0.717, 1.165) is 11.3 Å². The molecule has 0 radical (unpaired) electrons. The van der Waals surface area contributed by atoms with Gasteiger partial charge in [0.25, 0.3) is 0 Å². The third-order valence-electron chi connectivity index (χ3n) is 2.11. The lowest BCUT2D eigenvalue weighted by Gasteiger charge is -2.07. The van der Waals surface area contributed by atoms with Crippen molar-refractivity contribution in [3.05, 3.63) is 42.5 Å². The molecule has 0 spiro atoms. The Morgan fingerprint density at radius 3 is 2.72 bits per heavy atom. The molecule has 98 valence electrons. The van der Waals surface area contributed by atoms with Crippen molar-refractivity contribution in [3.63, 3.8) is 0 Å². The SMILES string of the molecule is C=C(C)COCCNCC(=O)Nc1ccccc1. The molecular weight excluding hydrogens is 228 g/mol. The number of anilines is 1. The van der Waals surface area contributed by atoms with E-state index in [0.29, 0.717) is 19.8 Å². The summed E-state index contributed by atoms with van der Waals surface area (Å²) >= 11 is 0. The molecule has 0 saturated heterocycles. The molecule has 0 aromatic heterocycles. The molecule has 1 aromatic carbocycles. The minimum absolute atomic E-state index is 0.0545. The van der Waals surface area contributed by atoms with Crippen LogP contribution in [-0.4, -0.2) is 32.2 Å². The van der Waals surface area contributed by atoms with E-state index in [4.69, 9.17) is 4.74 Å². The Kier molecular flexibility index (Phi) is 6.76. The van der Waals surface area contributed by atoms with Crippen LogP contribution in [0.25, 0.3) is 0 Å². The predicted molar refractivity (Wildman–Crippen MR) is 73.6 cm³/mol. The first-order valence-electron chi connectivity index (χ1n) is 5.96. The van der Waals surface area contributed by atoms with Gasteiger partial charge in [0.05, 0.1) is 19.8 Å². The molecule has 0 unspecified atom stereocenters. The Hall–Kier alpha value is -1.65. The number of amides is 1. The van der Waals surface area contributed by atoms with Crippen molar-refractivity contribution in [2.24, 2.45) is 0 Å². The van der Waals surface area contributed by atoms with Gasteiger partial charge in [-0.25, -0.2) is 0 Å². The second-order valence-corrected chi connectivity index (χ2v) is 4.10. The summed E-state index contributed by atoms with van der Waals surface area (Å²) < 4.78 is 5.30. The summed E-state index contributed by atoms with van der Waals surface area (Å²) in [6, 6.07) is 9.39. The lowest BCUT2D eigenvalue weighted by Crippen LogP contribution is -2.30. The van der Waals surface area contributed by atoms with Crippen molar-refractivity contribution in [1.29, 1.82) is 0 Å². The number of hydrogen-bond acceptors (Lipinski definition) is 3. The Bertz CT molecular complexity index is 377. The fraction of sp³-hybridized carbons (Fsp3) is 0.357. The molecule has 0 atom stereocenters. The molecule has 4 heteroatoms. The summed E-state index contributed by atoms with van der Waals surface area (Å²) in [7, 11) is 0. The average Bonchev–Trinajstić information content (AvgIpc) is 2.34. The molecule has 0 saturated carbocycles. The molecule has 0 aliphatic heterocycles. The Balaban J connectivity index is 2.05. The Morgan fingerprint density at radius 1 is 1.33 bits per heavy atom. The van der Waals surface area contributed by atoms with E-state index in [1.165, 1.54) is 0 Å². The maximum absolute atomic E-state index is 11.5. The summed E-state index contributed by atoms with van der Waals surface area (Å²) in [4.78, 5) is 11.5. The maximum Gasteiger partial charge on any atom is 0.238 e. The smallest absolute Gasteiger partial charge is 0.238 e. The summed E-state index contributed by atoms with van der Waals surface area (Å²) in [5.41, 5.74) is 1.81. The van der Waals surface area contributed by atoms with E-state index in [1.807, 2.05) is 37.3 Å². The van der Waals surface area contributed by atoms with Crippen LogP contribution in [0, 0.1) is 0 Å². The maximum atomic E-state index is 11.5. The van der Waals surface area contributed by atoms with Gasteiger partial charge in [-0.2, -0.15) is 0 Å². The van der Waals surface area contributed by atoms with E-state index < -0.39 is 0 Å². The molecule has 0 bridgehead atoms. The number of hydrogen-bond donors (Lipinski definition) is 2. The normalized spacial score (nSPS) is 10.1. The van der Waals surface area contributed by atoms with Gasteiger partial charge >= 0.3 is 0 Å². The number of carbonyl (C=O) groups is 1. The van der Waals surface area contributed by atoms with Gasteiger partial charge in [-0.3, -0.25) is 4.79 Å². The number of para-hydroxylation sites is 1. The van der Waals surface area contributed by atoms with E-state index in [2.05, 4.69) is 17.2 Å². The number of benzene rings is 1. The third kappa shape index (κ3) is 6.83. The van der Waals surface area contributed by atoms with Gasteiger partial charge in [-0.05, 0) is 19.1 Å². The fourth-order valence-corrected chi connectivity index (χ4v) is 1.32. The predicted octanol–water partition coefficient (Wildman–Crippen LogP) is 1.81. The average molecular weight is 248 g/mol. The van der Waals surface area contributed by atoms with Crippen LogP contribution in [-0.2, 0) is 9.53 Å². The van der Waals surface area contributed by atoms with E-state index in [9.17, 15) is 4.79 Å². The summed E-state index contributed by atoms with van der Waals surface area (Å²) in [6.45, 7) is 7.73. The van der Waals surface area contributed by atoms with Crippen LogP contribution in [0.15, 0.2) is 42.5 Å². The minimum atomic E-state index is -0.0545. The molecule has 2 N–H and O–H groups in total.